The van der Waals surface area contributed by atoms with Gasteiger partial charge in [-0.05, 0) is 135 Å². The first-order chi connectivity index (χ1) is 34.6. The van der Waals surface area contributed by atoms with E-state index in [-0.39, 0.29) is 10.8 Å². The SMILES string of the molecule is C/C(=C\Cc1ccccc1)c1ccc2c(c1)C(C)(C)c1ccccc1-2.CC.CC.CC.CC.CCCC.Cc1cccc(-c2ccc(C3(c4ccccc4C)c4ccccc4-c4ccccc43)c(C)c2)c1. The summed E-state index contributed by atoms with van der Waals surface area (Å²) < 4.78 is 0. The standard InChI is InChI=1S/C34H28.C25H24.C4H10.4C2H6/c1-23-11-10-13-26(21-23)27-19-20-31(25(3)22-27)34(30-16-7-4-12-24(30)2)32-17-8-5-14-28(32)29-15-6-9-18-33(29)34;1-18(13-14-19-9-5-4-6-10-19)20-15-16-22-21-11-7-8-12-23(21)25(2,3)24(22)17-20;1-3-4-2;4*1-2/h4-22H,1-3H3;4-13,15-17H,14H2,1-3H3;3-4H2,1-2H3;4*1-2H3/b;18-13+;;;;;. The summed E-state index contributed by atoms with van der Waals surface area (Å²) in [5.74, 6) is 0. The third kappa shape index (κ3) is 12.3. The minimum absolute atomic E-state index is 0.0711. The van der Waals surface area contributed by atoms with Crippen LogP contribution in [0.3, 0.4) is 0 Å². The largest absolute Gasteiger partial charge is 0.0766 e. The average molecular weight is 939 g/mol. The molecule has 0 amide bonds. The molecule has 8 aromatic carbocycles. The maximum absolute atomic E-state index is 2.40. The van der Waals surface area contributed by atoms with E-state index in [4.69, 9.17) is 0 Å². The van der Waals surface area contributed by atoms with Crippen molar-refractivity contribution in [2.75, 3.05) is 0 Å². The molecule has 0 bridgehead atoms. The molecular weight excluding hydrogens is 853 g/mol. The lowest BCUT2D eigenvalue weighted by Crippen LogP contribution is -2.30. The van der Waals surface area contributed by atoms with Crippen molar-refractivity contribution in [3.63, 3.8) is 0 Å². The third-order valence-corrected chi connectivity index (χ3v) is 13.5. The van der Waals surface area contributed by atoms with Gasteiger partial charge in [-0.25, -0.2) is 0 Å². The molecule has 0 nitrogen and oxygen atoms in total. The van der Waals surface area contributed by atoms with Gasteiger partial charge in [-0.15, -0.1) is 0 Å². The van der Waals surface area contributed by atoms with Gasteiger partial charge in [-0.1, -0.05) is 290 Å². The molecule has 2 aliphatic rings. The Balaban J connectivity index is 0.000000261. The predicted molar refractivity (Wildman–Crippen MR) is 317 cm³/mol. The Bertz CT molecular complexity index is 2850. The zero-order chi connectivity index (χ0) is 52.1. The Morgan fingerprint density at radius 2 is 0.859 bits per heavy atom. The summed E-state index contributed by atoms with van der Waals surface area (Å²) in [7, 11) is 0. The zero-order valence-electron chi connectivity index (χ0n) is 46.6. The summed E-state index contributed by atoms with van der Waals surface area (Å²) in [5.41, 5.74) is 24.0. The molecular formula is C71H86. The van der Waals surface area contributed by atoms with Gasteiger partial charge in [0, 0.05) is 5.41 Å². The fourth-order valence-corrected chi connectivity index (χ4v) is 10.00. The molecule has 0 heterocycles. The van der Waals surface area contributed by atoms with Crippen LogP contribution >= 0.6 is 0 Å². The molecule has 0 saturated heterocycles. The van der Waals surface area contributed by atoms with E-state index in [1.54, 1.807) is 0 Å². The summed E-state index contributed by atoms with van der Waals surface area (Å²) in [6.07, 6.45) is 5.96. The Morgan fingerprint density at radius 1 is 0.394 bits per heavy atom. The topological polar surface area (TPSA) is 0 Å². The van der Waals surface area contributed by atoms with Crippen molar-refractivity contribution in [3.05, 3.63) is 255 Å². The highest BCUT2D eigenvalue weighted by Gasteiger charge is 2.47. The molecule has 10 rings (SSSR count). The lowest BCUT2D eigenvalue weighted by molar-refractivity contribution is 0.660. The maximum Gasteiger partial charge on any atom is 0.0718 e. The van der Waals surface area contributed by atoms with Gasteiger partial charge in [0.15, 0.2) is 0 Å². The van der Waals surface area contributed by atoms with Crippen molar-refractivity contribution in [2.24, 2.45) is 0 Å². The van der Waals surface area contributed by atoms with Crippen LogP contribution in [0.15, 0.2) is 194 Å². The van der Waals surface area contributed by atoms with Crippen molar-refractivity contribution in [2.45, 2.75) is 141 Å². The minimum Gasteiger partial charge on any atom is -0.0766 e. The number of rotatable bonds is 7. The molecule has 0 aromatic heterocycles. The van der Waals surface area contributed by atoms with E-state index in [1.165, 1.54) is 113 Å². The van der Waals surface area contributed by atoms with E-state index in [1.807, 2.05) is 55.4 Å². The normalized spacial score (nSPS) is 12.4. The van der Waals surface area contributed by atoms with Crippen LogP contribution in [-0.2, 0) is 17.3 Å². The van der Waals surface area contributed by atoms with Crippen LogP contribution in [0.2, 0.25) is 0 Å². The molecule has 71 heavy (non-hydrogen) atoms. The summed E-state index contributed by atoms with van der Waals surface area (Å²) in [5, 5.41) is 0. The number of benzene rings is 8. The number of aryl methyl sites for hydroxylation is 3. The van der Waals surface area contributed by atoms with E-state index in [9.17, 15) is 0 Å². The first-order valence-electron chi connectivity index (χ1n) is 27.0. The number of unbranched alkanes of at least 4 members (excludes halogenated alkanes) is 1. The van der Waals surface area contributed by atoms with Crippen LogP contribution in [0.1, 0.15) is 164 Å². The average Bonchev–Trinajstić information content (AvgIpc) is 3.85. The Morgan fingerprint density at radius 3 is 1.39 bits per heavy atom. The fraction of sp³-hybridized carbons (Fsp3) is 0.296. The smallest absolute Gasteiger partial charge is 0.0718 e. The Hall–Kier alpha value is -6.50. The molecule has 0 fully saturated rings. The number of allylic oxidation sites excluding steroid dienone is 2. The van der Waals surface area contributed by atoms with Crippen molar-refractivity contribution in [3.8, 4) is 33.4 Å². The molecule has 0 atom stereocenters. The van der Waals surface area contributed by atoms with Crippen molar-refractivity contribution in [1.29, 1.82) is 0 Å². The summed E-state index contributed by atoms with van der Waals surface area (Å²) in [4.78, 5) is 0. The highest BCUT2D eigenvalue weighted by molar-refractivity contribution is 5.87. The second-order valence-corrected chi connectivity index (χ2v) is 18.1. The van der Waals surface area contributed by atoms with Gasteiger partial charge in [0.05, 0.1) is 5.41 Å². The van der Waals surface area contributed by atoms with E-state index < -0.39 is 0 Å². The second-order valence-electron chi connectivity index (χ2n) is 18.1. The van der Waals surface area contributed by atoms with Crippen LogP contribution in [0.4, 0.5) is 0 Å². The van der Waals surface area contributed by atoms with Gasteiger partial charge < -0.3 is 0 Å². The molecule has 0 spiro atoms. The summed E-state index contributed by atoms with van der Waals surface area (Å²) in [6.45, 7) is 33.9. The molecule has 8 aromatic rings. The number of hydrogen-bond donors (Lipinski definition) is 0. The van der Waals surface area contributed by atoms with E-state index >= 15 is 0 Å². The summed E-state index contributed by atoms with van der Waals surface area (Å²) >= 11 is 0. The molecule has 370 valence electrons. The van der Waals surface area contributed by atoms with E-state index in [0.29, 0.717) is 0 Å². The number of hydrogen-bond acceptors (Lipinski definition) is 0. The molecule has 0 unspecified atom stereocenters. The van der Waals surface area contributed by atoms with E-state index in [0.717, 1.165) is 6.42 Å². The maximum atomic E-state index is 2.40. The zero-order valence-corrected chi connectivity index (χ0v) is 46.6. The lowest BCUT2D eigenvalue weighted by atomic mass is 9.65. The first kappa shape index (κ1) is 57.1. The Kier molecular flexibility index (Phi) is 22.3. The van der Waals surface area contributed by atoms with Gasteiger partial charge in [-0.2, -0.15) is 0 Å². The van der Waals surface area contributed by atoms with Crippen LogP contribution in [0, 0.1) is 20.8 Å². The predicted octanol–water partition coefficient (Wildman–Crippen LogP) is 21.2. The highest BCUT2D eigenvalue weighted by Crippen LogP contribution is 2.57. The van der Waals surface area contributed by atoms with Crippen LogP contribution in [0.25, 0.3) is 39.0 Å². The second kappa shape index (κ2) is 27.8. The molecule has 2 aliphatic carbocycles. The summed E-state index contributed by atoms with van der Waals surface area (Å²) in [6, 6.07) is 69.1. The Labute approximate surface area is 433 Å². The number of fused-ring (bicyclic) bond motifs is 6. The molecule has 0 radical (unpaired) electrons. The molecule has 0 aliphatic heterocycles. The van der Waals surface area contributed by atoms with Gasteiger partial charge >= 0.3 is 0 Å². The van der Waals surface area contributed by atoms with Gasteiger partial charge in [0.1, 0.15) is 0 Å². The van der Waals surface area contributed by atoms with Gasteiger partial charge in [0.2, 0.25) is 0 Å². The van der Waals surface area contributed by atoms with Crippen LogP contribution < -0.4 is 0 Å². The van der Waals surface area contributed by atoms with Crippen molar-refractivity contribution in [1.82, 2.24) is 0 Å². The van der Waals surface area contributed by atoms with Crippen LogP contribution in [0.5, 0.6) is 0 Å². The highest BCUT2D eigenvalue weighted by atomic mass is 14.5. The fourth-order valence-electron chi connectivity index (χ4n) is 10.00. The minimum atomic E-state index is -0.340. The molecule has 0 saturated carbocycles. The molecule has 0 heteroatoms. The third-order valence-electron chi connectivity index (χ3n) is 13.5. The van der Waals surface area contributed by atoms with Gasteiger partial charge in [-0.3, -0.25) is 0 Å². The lowest BCUT2D eigenvalue weighted by Gasteiger charge is -2.36. The van der Waals surface area contributed by atoms with Crippen molar-refractivity contribution < 1.29 is 0 Å². The van der Waals surface area contributed by atoms with Crippen molar-refractivity contribution >= 4 is 5.57 Å². The monoisotopic (exact) mass is 939 g/mol. The molecule has 0 N–H and O–H groups in total. The quantitative estimate of drug-likeness (QED) is 0.149. The first-order valence-corrected chi connectivity index (χ1v) is 27.0. The van der Waals surface area contributed by atoms with E-state index in [2.05, 4.69) is 250 Å². The van der Waals surface area contributed by atoms with Crippen LogP contribution in [-0.4, -0.2) is 0 Å². The van der Waals surface area contributed by atoms with Gasteiger partial charge in [0.25, 0.3) is 0 Å².